The van der Waals surface area contributed by atoms with Crippen LogP contribution in [0.3, 0.4) is 0 Å². The van der Waals surface area contributed by atoms with Crippen LogP contribution in [0.2, 0.25) is 0 Å². The van der Waals surface area contributed by atoms with Crippen LogP contribution in [-0.2, 0) is 6.54 Å². The third-order valence-electron chi connectivity index (χ3n) is 1.95. The molecule has 0 unspecified atom stereocenters. The molecule has 0 aliphatic carbocycles. The van der Waals surface area contributed by atoms with Crippen molar-refractivity contribution in [3.63, 3.8) is 0 Å². The van der Waals surface area contributed by atoms with Gasteiger partial charge in [0.1, 0.15) is 0 Å². The van der Waals surface area contributed by atoms with E-state index < -0.39 is 0 Å². The predicted molar refractivity (Wildman–Crippen MR) is 62.8 cm³/mol. The van der Waals surface area contributed by atoms with Gasteiger partial charge in [0, 0.05) is 16.0 Å². The van der Waals surface area contributed by atoms with Crippen molar-refractivity contribution in [2.24, 2.45) is 4.99 Å². The van der Waals surface area contributed by atoms with Crippen LogP contribution >= 0.6 is 11.8 Å². The summed E-state index contributed by atoms with van der Waals surface area (Å²) in [5.74, 6) is 0. The highest BCUT2D eigenvalue weighted by Gasteiger charge is 2.03. The molecule has 0 fully saturated rings. The molecule has 0 saturated heterocycles. The summed E-state index contributed by atoms with van der Waals surface area (Å²) in [4.78, 5) is 6.60. The summed E-state index contributed by atoms with van der Waals surface area (Å²) in [6.07, 6.45) is 5.74. The quantitative estimate of drug-likeness (QED) is 0.626. The highest BCUT2D eigenvalue weighted by Crippen LogP contribution is 2.30. The van der Waals surface area contributed by atoms with E-state index in [-0.39, 0.29) is 0 Å². The molecule has 0 saturated carbocycles. The van der Waals surface area contributed by atoms with Gasteiger partial charge < -0.3 is 0 Å². The number of thioether (sulfide) groups is 1. The van der Waals surface area contributed by atoms with E-state index in [4.69, 9.17) is 0 Å². The lowest BCUT2D eigenvalue weighted by molar-refractivity contribution is 1.04. The average Bonchev–Trinajstić information content (AvgIpc) is 2.27. The van der Waals surface area contributed by atoms with Crippen LogP contribution < -0.4 is 0 Å². The van der Waals surface area contributed by atoms with Crippen LogP contribution in [0.1, 0.15) is 5.56 Å². The van der Waals surface area contributed by atoms with Crippen LogP contribution in [0.25, 0.3) is 0 Å². The van der Waals surface area contributed by atoms with Gasteiger partial charge in [0.25, 0.3) is 0 Å². The summed E-state index contributed by atoms with van der Waals surface area (Å²) in [7, 11) is 0. The van der Waals surface area contributed by atoms with Crippen molar-refractivity contribution in [3.8, 4) is 0 Å². The zero-order valence-electron chi connectivity index (χ0n) is 7.81. The van der Waals surface area contributed by atoms with Crippen LogP contribution in [0.15, 0.2) is 57.8 Å². The molecule has 0 amide bonds. The van der Waals surface area contributed by atoms with E-state index in [1.807, 2.05) is 30.5 Å². The lowest BCUT2D eigenvalue weighted by Crippen LogP contribution is -1.84. The predicted octanol–water partition coefficient (Wildman–Crippen LogP) is 3.43. The number of nitrogens with zero attached hydrogens (tertiary/aromatic N) is 1. The molecule has 0 aromatic heterocycles. The number of fused-ring (bicyclic) bond motifs is 1. The van der Waals surface area contributed by atoms with Crippen LogP contribution in [-0.4, -0.2) is 6.21 Å². The first-order chi connectivity index (χ1) is 6.86. The first kappa shape index (κ1) is 9.28. The molecule has 14 heavy (non-hydrogen) atoms. The average molecular weight is 201 g/mol. The van der Waals surface area contributed by atoms with Crippen molar-refractivity contribution < 1.29 is 0 Å². The van der Waals surface area contributed by atoms with Gasteiger partial charge in [-0.15, -0.1) is 0 Å². The molecule has 1 aliphatic heterocycles. The molecule has 0 bridgehead atoms. The van der Waals surface area contributed by atoms with E-state index >= 15 is 0 Å². The van der Waals surface area contributed by atoms with Gasteiger partial charge in [-0.2, -0.15) is 0 Å². The van der Waals surface area contributed by atoms with Crippen LogP contribution in [0.4, 0.5) is 0 Å². The first-order valence-corrected chi connectivity index (χ1v) is 5.29. The number of aliphatic imine (C=N–C) groups is 1. The van der Waals surface area contributed by atoms with E-state index in [1.165, 1.54) is 10.5 Å². The molecule has 0 N–H and O–H groups in total. The number of rotatable bonds is 0. The first-order valence-electron chi connectivity index (χ1n) is 4.47. The van der Waals surface area contributed by atoms with E-state index in [0.717, 1.165) is 11.4 Å². The molecule has 0 spiro atoms. The van der Waals surface area contributed by atoms with Crippen molar-refractivity contribution in [1.29, 1.82) is 0 Å². The fourth-order valence-electron chi connectivity index (χ4n) is 1.27. The molecular formula is C12H11NS. The summed E-state index contributed by atoms with van der Waals surface area (Å²) in [5.41, 5.74) is 1.26. The normalized spacial score (nSPS) is 20.1. The van der Waals surface area contributed by atoms with Gasteiger partial charge in [-0.25, -0.2) is 0 Å². The molecule has 1 nitrogen and oxygen atoms in total. The maximum atomic E-state index is 4.30. The zero-order chi connectivity index (χ0) is 9.80. The molecule has 2 rings (SSSR count). The Morgan fingerprint density at radius 3 is 3.07 bits per heavy atom. The minimum atomic E-state index is 0.751. The van der Waals surface area contributed by atoms with Gasteiger partial charge in [-0.05, 0) is 23.8 Å². The maximum absolute atomic E-state index is 4.30. The highest BCUT2D eigenvalue weighted by atomic mass is 32.2. The second kappa shape index (κ2) is 4.29. The molecule has 1 aromatic rings. The number of benzene rings is 1. The fourth-order valence-corrected chi connectivity index (χ4v) is 2.11. The molecular weight excluding hydrogens is 190 g/mol. The number of allylic oxidation sites excluding steroid dienone is 2. The Hall–Kier alpha value is -1.28. The zero-order valence-corrected chi connectivity index (χ0v) is 8.63. The van der Waals surface area contributed by atoms with Crippen molar-refractivity contribution in [3.05, 3.63) is 53.5 Å². The van der Waals surface area contributed by atoms with E-state index in [2.05, 4.69) is 23.7 Å². The third-order valence-corrected chi connectivity index (χ3v) is 2.97. The van der Waals surface area contributed by atoms with Crippen molar-refractivity contribution in [1.82, 2.24) is 0 Å². The van der Waals surface area contributed by atoms with Crippen LogP contribution in [0.5, 0.6) is 0 Å². The van der Waals surface area contributed by atoms with Gasteiger partial charge in [-0.3, -0.25) is 4.99 Å². The monoisotopic (exact) mass is 201 g/mol. The Balaban J connectivity index is 2.39. The van der Waals surface area contributed by atoms with Crippen molar-refractivity contribution >= 4 is 18.0 Å². The van der Waals surface area contributed by atoms with Crippen LogP contribution in [0, 0.1) is 0 Å². The second-order valence-corrected chi connectivity index (χ2v) is 4.19. The van der Waals surface area contributed by atoms with Gasteiger partial charge >= 0.3 is 0 Å². The summed E-state index contributed by atoms with van der Waals surface area (Å²) in [6.45, 7) is 4.72. The standard InChI is InChI=1S/C12H11NS/c1-10-5-4-8-13-9-11-6-2-3-7-12(11)14-10/h2-8H,1,9H2/b5-4-,13-8-. The molecule has 0 radical (unpaired) electrons. The minimum Gasteiger partial charge on any atom is -0.288 e. The molecule has 2 heteroatoms. The van der Waals surface area contributed by atoms with E-state index in [9.17, 15) is 0 Å². The molecule has 1 aromatic carbocycles. The summed E-state index contributed by atoms with van der Waals surface area (Å²) in [6, 6.07) is 8.31. The molecule has 1 aliphatic rings. The van der Waals surface area contributed by atoms with Gasteiger partial charge in [0.15, 0.2) is 0 Å². The molecule has 0 atom stereocenters. The topological polar surface area (TPSA) is 12.4 Å². The Kier molecular flexibility index (Phi) is 2.84. The minimum absolute atomic E-state index is 0.751. The van der Waals surface area contributed by atoms with E-state index in [0.29, 0.717) is 0 Å². The Morgan fingerprint density at radius 2 is 2.14 bits per heavy atom. The summed E-state index contributed by atoms with van der Waals surface area (Å²) in [5, 5.41) is 0. The summed E-state index contributed by atoms with van der Waals surface area (Å²) < 4.78 is 0. The lowest BCUT2D eigenvalue weighted by atomic mass is 10.2. The summed E-state index contributed by atoms with van der Waals surface area (Å²) >= 11 is 1.70. The Morgan fingerprint density at radius 1 is 1.29 bits per heavy atom. The highest BCUT2D eigenvalue weighted by molar-refractivity contribution is 8.03. The molecule has 1 heterocycles. The van der Waals surface area contributed by atoms with E-state index in [1.54, 1.807) is 11.8 Å². The van der Waals surface area contributed by atoms with Gasteiger partial charge in [-0.1, -0.05) is 36.5 Å². The van der Waals surface area contributed by atoms with Gasteiger partial charge in [0.05, 0.1) is 6.54 Å². The van der Waals surface area contributed by atoms with Crippen molar-refractivity contribution in [2.45, 2.75) is 11.4 Å². The Bertz CT molecular complexity index is 405. The van der Waals surface area contributed by atoms with Gasteiger partial charge in [0.2, 0.25) is 0 Å². The SMILES string of the molecule is C=C1/C=C\C=N/Cc2ccccc2S1. The number of hydrogen-bond donors (Lipinski definition) is 0. The maximum Gasteiger partial charge on any atom is 0.0650 e. The Labute approximate surface area is 88.3 Å². The smallest absolute Gasteiger partial charge is 0.0650 e. The lowest BCUT2D eigenvalue weighted by Gasteiger charge is -2.05. The second-order valence-electron chi connectivity index (χ2n) is 3.02. The molecule has 70 valence electrons. The van der Waals surface area contributed by atoms with Crippen molar-refractivity contribution in [2.75, 3.05) is 0 Å². The third kappa shape index (κ3) is 2.15. The fraction of sp³-hybridized carbons (Fsp3) is 0.0833. The largest absolute Gasteiger partial charge is 0.288 e. The number of hydrogen-bond acceptors (Lipinski definition) is 2.